The van der Waals surface area contributed by atoms with Crippen molar-refractivity contribution in [1.82, 2.24) is 4.90 Å². The molecule has 0 bridgehead atoms. The minimum Gasteiger partial charge on any atom is -0.481 e. The van der Waals surface area contributed by atoms with Gasteiger partial charge in [-0.1, -0.05) is 28.1 Å². The Hall–Kier alpha value is -0.910. The van der Waals surface area contributed by atoms with Crippen LogP contribution >= 0.6 is 15.9 Å². The van der Waals surface area contributed by atoms with Crippen molar-refractivity contribution in [2.24, 2.45) is 0 Å². The number of carboxylic acids is 1. The van der Waals surface area contributed by atoms with Crippen LogP contribution in [0.15, 0.2) is 28.7 Å². The molecular formula is C18H24BrNO3. The van der Waals surface area contributed by atoms with Crippen LogP contribution in [-0.2, 0) is 14.9 Å². The summed E-state index contributed by atoms with van der Waals surface area (Å²) >= 11 is 3.42. The summed E-state index contributed by atoms with van der Waals surface area (Å²) in [5, 5.41) is 9.84. The summed E-state index contributed by atoms with van der Waals surface area (Å²) in [5.74, 6) is -0.692. The van der Waals surface area contributed by atoms with Gasteiger partial charge < -0.3 is 14.7 Å². The quantitative estimate of drug-likeness (QED) is 0.819. The molecule has 1 aromatic carbocycles. The van der Waals surface area contributed by atoms with Crippen LogP contribution in [0, 0.1) is 0 Å². The number of nitrogens with zero attached hydrogens (tertiary/aromatic N) is 1. The molecule has 0 aliphatic carbocycles. The molecule has 0 radical (unpaired) electrons. The molecule has 2 fully saturated rings. The molecule has 4 nitrogen and oxygen atoms in total. The van der Waals surface area contributed by atoms with Gasteiger partial charge in [-0.25, -0.2) is 0 Å². The van der Waals surface area contributed by atoms with Crippen LogP contribution in [0.4, 0.5) is 0 Å². The lowest BCUT2D eigenvalue weighted by atomic mass is 9.73. The van der Waals surface area contributed by atoms with Crippen LogP contribution in [0.5, 0.6) is 0 Å². The maximum atomic E-state index is 12.0. The number of hydrogen-bond acceptors (Lipinski definition) is 3. The van der Waals surface area contributed by atoms with Crippen LogP contribution in [0.25, 0.3) is 0 Å². The molecular weight excluding hydrogens is 358 g/mol. The number of piperidine rings is 1. The highest BCUT2D eigenvalue weighted by Crippen LogP contribution is 2.36. The lowest BCUT2D eigenvalue weighted by Crippen LogP contribution is -2.47. The van der Waals surface area contributed by atoms with Gasteiger partial charge in [0.1, 0.15) is 0 Å². The summed E-state index contributed by atoms with van der Waals surface area (Å²) < 4.78 is 6.44. The topological polar surface area (TPSA) is 49.8 Å². The van der Waals surface area contributed by atoms with Crippen molar-refractivity contribution in [1.29, 1.82) is 0 Å². The summed E-state index contributed by atoms with van der Waals surface area (Å²) in [4.78, 5) is 14.4. The number of carboxylic acid groups (broad SMARTS) is 1. The Balaban J connectivity index is 1.57. The largest absolute Gasteiger partial charge is 0.481 e. The van der Waals surface area contributed by atoms with Gasteiger partial charge in [0.15, 0.2) is 0 Å². The molecule has 1 unspecified atom stereocenters. The summed E-state index contributed by atoms with van der Waals surface area (Å²) in [5.41, 5.74) is 0.199. The number of aliphatic carboxylic acids is 1. The van der Waals surface area contributed by atoms with E-state index in [1.165, 1.54) is 6.42 Å². The standard InChI is InChI=1S/C18H24BrNO3/c19-15-5-3-14(4-6-15)18(17(21)22)8-11-20(12-9-18)10-1-2-16-7-13-23-16/h3-6,16H,1-2,7-13H2,(H,21,22). The van der Waals surface area contributed by atoms with Gasteiger partial charge in [-0.2, -0.15) is 0 Å². The number of rotatable bonds is 6. The van der Waals surface area contributed by atoms with E-state index in [0.717, 1.165) is 49.1 Å². The van der Waals surface area contributed by atoms with E-state index in [2.05, 4.69) is 20.8 Å². The molecule has 2 aliphatic heterocycles. The van der Waals surface area contributed by atoms with Crippen LogP contribution in [0.2, 0.25) is 0 Å². The van der Waals surface area contributed by atoms with Crippen molar-refractivity contribution in [3.8, 4) is 0 Å². The molecule has 2 aliphatic rings. The third-order valence-electron chi connectivity index (χ3n) is 5.31. The normalized spacial score (nSPS) is 24.1. The molecule has 1 aromatic rings. The Labute approximate surface area is 145 Å². The summed E-state index contributed by atoms with van der Waals surface area (Å²) in [7, 11) is 0. The van der Waals surface area contributed by atoms with Crippen molar-refractivity contribution in [2.75, 3.05) is 26.2 Å². The molecule has 3 rings (SSSR count). The van der Waals surface area contributed by atoms with Crippen LogP contribution in [-0.4, -0.2) is 48.3 Å². The zero-order valence-electron chi connectivity index (χ0n) is 13.3. The fourth-order valence-electron chi connectivity index (χ4n) is 3.61. The maximum Gasteiger partial charge on any atom is 0.314 e. The fraction of sp³-hybridized carbons (Fsp3) is 0.611. The Morgan fingerprint density at radius 2 is 1.96 bits per heavy atom. The molecule has 0 saturated carbocycles. The SMILES string of the molecule is O=C(O)C1(c2ccc(Br)cc2)CCN(CCCC2CCO2)CC1. The Morgan fingerprint density at radius 3 is 2.48 bits per heavy atom. The first kappa shape index (κ1) is 16.9. The molecule has 5 heteroatoms. The molecule has 1 atom stereocenters. The summed E-state index contributed by atoms with van der Waals surface area (Å²) in [6, 6.07) is 7.76. The smallest absolute Gasteiger partial charge is 0.314 e. The van der Waals surface area contributed by atoms with Gasteiger partial charge in [-0.05, 0) is 69.4 Å². The molecule has 23 heavy (non-hydrogen) atoms. The number of halogens is 1. The Bertz CT molecular complexity index is 534. The van der Waals surface area contributed by atoms with E-state index in [0.29, 0.717) is 18.9 Å². The predicted octanol–water partition coefficient (Wildman–Crippen LogP) is 3.44. The van der Waals surface area contributed by atoms with E-state index in [-0.39, 0.29) is 0 Å². The van der Waals surface area contributed by atoms with Gasteiger partial charge >= 0.3 is 5.97 Å². The lowest BCUT2D eigenvalue weighted by Gasteiger charge is -2.39. The average molecular weight is 382 g/mol. The maximum absolute atomic E-state index is 12.0. The Morgan fingerprint density at radius 1 is 1.30 bits per heavy atom. The second kappa shape index (κ2) is 7.32. The van der Waals surface area contributed by atoms with E-state index in [9.17, 15) is 9.90 Å². The van der Waals surface area contributed by atoms with Crippen molar-refractivity contribution in [2.45, 2.75) is 43.6 Å². The number of ether oxygens (including phenoxy) is 1. The third-order valence-corrected chi connectivity index (χ3v) is 5.84. The number of benzene rings is 1. The number of likely N-dealkylation sites (tertiary alicyclic amines) is 1. The van der Waals surface area contributed by atoms with Crippen molar-refractivity contribution in [3.63, 3.8) is 0 Å². The van der Waals surface area contributed by atoms with E-state index >= 15 is 0 Å². The van der Waals surface area contributed by atoms with E-state index in [4.69, 9.17) is 4.74 Å². The molecule has 0 aromatic heterocycles. The highest BCUT2D eigenvalue weighted by atomic mass is 79.9. The van der Waals surface area contributed by atoms with E-state index in [1.54, 1.807) is 0 Å². The van der Waals surface area contributed by atoms with Crippen molar-refractivity contribution >= 4 is 21.9 Å². The molecule has 2 saturated heterocycles. The van der Waals surface area contributed by atoms with Crippen molar-refractivity contribution in [3.05, 3.63) is 34.3 Å². The van der Waals surface area contributed by atoms with Crippen molar-refractivity contribution < 1.29 is 14.6 Å². The summed E-state index contributed by atoms with van der Waals surface area (Å²) in [6.45, 7) is 3.68. The highest BCUT2D eigenvalue weighted by Gasteiger charge is 2.42. The first-order valence-electron chi connectivity index (χ1n) is 8.43. The molecule has 0 spiro atoms. The first-order chi connectivity index (χ1) is 11.1. The van der Waals surface area contributed by atoms with Crippen LogP contribution in [0.3, 0.4) is 0 Å². The molecule has 126 valence electrons. The second-order valence-corrected chi connectivity index (χ2v) is 7.58. The molecule has 0 amide bonds. The number of hydrogen-bond donors (Lipinski definition) is 1. The van der Waals surface area contributed by atoms with Crippen LogP contribution < -0.4 is 0 Å². The van der Waals surface area contributed by atoms with Gasteiger partial charge in [0.05, 0.1) is 11.5 Å². The molecule has 2 heterocycles. The Kier molecular flexibility index (Phi) is 5.39. The minimum atomic E-state index is -0.728. The third kappa shape index (κ3) is 3.78. The van der Waals surface area contributed by atoms with E-state index in [1.807, 2.05) is 24.3 Å². The average Bonchev–Trinajstić information content (AvgIpc) is 2.51. The monoisotopic (exact) mass is 381 g/mol. The van der Waals surface area contributed by atoms with Crippen LogP contribution in [0.1, 0.15) is 37.7 Å². The lowest BCUT2D eigenvalue weighted by molar-refractivity contribution is -0.146. The zero-order chi connectivity index (χ0) is 16.3. The van der Waals surface area contributed by atoms with Gasteiger partial charge in [-0.15, -0.1) is 0 Å². The number of carbonyl (C=O) groups is 1. The van der Waals surface area contributed by atoms with Gasteiger partial charge in [-0.3, -0.25) is 4.79 Å². The zero-order valence-corrected chi connectivity index (χ0v) is 14.9. The highest BCUT2D eigenvalue weighted by molar-refractivity contribution is 9.10. The van der Waals surface area contributed by atoms with Gasteiger partial charge in [0.2, 0.25) is 0 Å². The minimum absolute atomic E-state index is 0.473. The predicted molar refractivity (Wildman–Crippen MR) is 92.7 cm³/mol. The second-order valence-electron chi connectivity index (χ2n) is 6.66. The summed E-state index contributed by atoms with van der Waals surface area (Å²) in [6.07, 6.45) is 5.32. The molecule has 1 N–H and O–H groups in total. The fourth-order valence-corrected chi connectivity index (χ4v) is 3.87. The van der Waals surface area contributed by atoms with Gasteiger partial charge in [0.25, 0.3) is 0 Å². The first-order valence-corrected chi connectivity index (χ1v) is 9.23. The van der Waals surface area contributed by atoms with Gasteiger partial charge in [0, 0.05) is 11.1 Å². The van der Waals surface area contributed by atoms with E-state index < -0.39 is 11.4 Å².